The zero-order chi connectivity index (χ0) is 24.0. The van der Waals surface area contributed by atoms with Crippen LogP contribution in [0.25, 0.3) is 0 Å². The Bertz CT molecular complexity index is 932. The van der Waals surface area contributed by atoms with Gasteiger partial charge in [-0.3, -0.25) is 19.3 Å². The van der Waals surface area contributed by atoms with E-state index in [9.17, 15) is 19.2 Å². The summed E-state index contributed by atoms with van der Waals surface area (Å²) in [7, 11) is 1.53. The lowest BCUT2D eigenvalue weighted by Gasteiger charge is -2.28. The molecular formula is C24H27Br2NO6. The van der Waals surface area contributed by atoms with E-state index in [-0.39, 0.29) is 51.4 Å². The molecule has 2 aliphatic carbocycles. The number of ketones is 1. The molecule has 33 heavy (non-hydrogen) atoms. The Morgan fingerprint density at radius 1 is 1.03 bits per heavy atom. The quantitative estimate of drug-likeness (QED) is 0.201. The Hall–Kier alpha value is -1.74. The van der Waals surface area contributed by atoms with E-state index < -0.39 is 30.5 Å². The Morgan fingerprint density at radius 2 is 1.58 bits per heavy atom. The molecule has 2 saturated carbocycles. The van der Waals surface area contributed by atoms with Gasteiger partial charge in [0, 0.05) is 15.2 Å². The Morgan fingerprint density at radius 3 is 2.06 bits per heavy atom. The average molecular weight is 585 g/mol. The van der Waals surface area contributed by atoms with Crippen LogP contribution in [-0.4, -0.2) is 57.9 Å². The smallest absolute Gasteiger partial charge is 0.329 e. The normalized spacial score (nSPS) is 31.2. The van der Waals surface area contributed by atoms with Gasteiger partial charge in [-0.2, -0.15) is 0 Å². The number of alkyl halides is 2. The zero-order valence-electron chi connectivity index (χ0n) is 18.7. The molecule has 1 saturated heterocycles. The lowest BCUT2D eigenvalue weighted by Crippen LogP contribution is -2.48. The number of likely N-dealkylation sites (tertiary alicyclic amines) is 1. The van der Waals surface area contributed by atoms with E-state index in [1.807, 2.05) is 13.8 Å². The summed E-state index contributed by atoms with van der Waals surface area (Å²) in [5.74, 6) is -1.66. The number of ether oxygens (including phenoxy) is 2. The first-order chi connectivity index (χ1) is 15.6. The minimum atomic E-state index is -1.03. The van der Waals surface area contributed by atoms with Crippen molar-refractivity contribution in [1.29, 1.82) is 0 Å². The highest BCUT2D eigenvalue weighted by Crippen LogP contribution is 2.60. The number of Topliss-reactive ketones (excluding diaryl/α,β-unsaturated/α-hetero) is 1. The summed E-state index contributed by atoms with van der Waals surface area (Å²) in [5.41, 5.74) is 0.384. The van der Waals surface area contributed by atoms with Crippen molar-refractivity contribution in [3.05, 3.63) is 29.8 Å². The molecule has 0 aromatic heterocycles. The van der Waals surface area contributed by atoms with Crippen LogP contribution in [0, 0.1) is 29.6 Å². The highest BCUT2D eigenvalue weighted by molar-refractivity contribution is 9.12. The maximum Gasteiger partial charge on any atom is 0.329 e. The van der Waals surface area contributed by atoms with Crippen LogP contribution in [0.2, 0.25) is 0 Å². The van der Waals surface area contributed by atoms with Crippen LogP contribution in [0.1, 0.15) is 37.0 Å². The summed E-state index contributed by atoms with van der Waals surface area (Å²) in [4.78, 5) is 53.7. The van der Waals surface area contributed by atoms with E-state index >= 15 is 0 Å². The molecule has 9 heteroatoms. The number of benzene rings is 1. The summed E-state index contributed by atoms with van der Waals surface area (Å²) in [6.45, 7) is 3.38. The second kappa shape index (κ2) is 9.49. The van der Waals surface area contributed by atoms with E-state index in [0.29, 0.717) is 11.3 Å². The molecule has 0 N–H and O–H groups in total. The molecule has 0 unspecified atom stereocenters. The van der Waals surface area contributed by atoms with Gasteiger partial charge in [-0.25, -0.2) is 4.79 Å². The average Bonchev–Trinajstić information content (AvgIpc) is 3.40. The minimum absolute atomic E-state index is 0.0467. The predicted molar refractivity (Wildman–Crippen MR) is 127 cm³/mol. The maximum absolute atomic E-state index is 13.4. The van der Waals surface area contributed by atoms with Crippen molar-refractivity contribution in [2.45, 2.75) is 42.4 Å². The molecule has 3 fully saturated rings. The van der Waals surface area contributed by atoms with E-state index in [4.69, 9.17) is 9.47 Å². The third kappa shape index (κ3) is 4.27. The van der Waals surface area contributed by atoms with Crippen molar-refractivity contribution in [3.63, 3.8) is 0 Å². The fraction of sp³-hybridized carbons (Fsp3) is 0.583. The molecule has 1 aromatic carbocycles. The molecule has 7 atom stereocenters. The second-order valence-corrected chi connectivity index (χ2v) is 11.6. The van der Waals surface area contributed by atoms with Gasteiger partial charge in [0.05, 0.1) is 18.9 Å². The number of esters is 1. The molecule has 1 heterocycles. The molecule has 7 nitrogen and oxygen atoms in total. The number of halogens is 2. The Labute approximate surface area is 209 Å². The minimum Gasteiger partial charge on any atom is -0.497 e. The van der Waals surface area contributed by atoms with Gasteiger partial charge < -0.3 is 9.47 Å². The molecule has 1 aliphatic heterocycles. The van der Waals surface area contributed by atoms with Crippen molar-refractivity contribution < 1.29 is 28.7 Å². The number of amides is 2. The van der Waals surface area contributed by atoms with Crippen molar-refractivity contribution in [2.75, 3.05) is 13.7 Å². The Kier molecular flexibility index (Phi) is 7.01. The number of hydrogen-bond acceptors (Lipinski definition) is 6. The van der Waals surface area contributed by atoms with Crippen molar-refractivity contribution in [3.8, 4) is 5.75 Å². The van der Waals surface area contributed by atoms with Gasteiger partial charge in [0.1, 0.15) is 11.8 Å². The summed E-state index contributed by atoms with van der Waals surface area (Å²) < 4.78 is 10.4. The molecule has 2 amide bonds. The van der Waals surface area contributed by atoms with Gasteiger partial charge in [-0.1, -0.05) is 45.7 Å². The molecular weight excluding hydrogens is 558 g/mol. The van der Waals surface area contributed by atoms with Crippen LogP contribution in [0.5, 0.6) is 5.75 Å². The summed E-state index contributed by atoms with van der Waals surface area (Å²) >= 11 is 7.35. The maximum atomic E-state index is 13.4. The molecule has 0 spiro atoms. The van der Waals surface area contributed by atoms with Crippen LogP contribution in [0.4, 0.5) is 0 Å². The molecule has 178 valence electrons. The molecule has 1 aromatic rings. The van der Waals surface area contributed by atoms with E-state index in [1.54, 1.807) is 24.3 Å². The number of carbonyl (C=O) groups is 4. The first-order valence-electron chi connectivity index (χ1n) is 11.1. The highest BCUT2D eigenvalue weighted by atomic mass is 79.9. The lowest BCUT2D eigenvalue weighted by molar-refractivity contribution is -0.159. The van der Waals surface area contributed by atoms with E-state index in [2.05, 4.69) is 31.9 Å². The second-order valence-electron chi connectivity index (χ2n) is 9.46. The zero-order valence-corrected chi connectivity index (χ0v) is 21.9. The number of fused-ring (bicyclic) bond motifs is 5. The van der Waals surface area contributed by atoms with Gasteiger partial charge in [0.25, 0.3) is 0 Å². The topological polar surface area (TPSA) is 90.0 Å². The number of hydrogen-bond donors (Lipinski definition) is 0. The molecule has 2 bridgehead atoms. The fourth-order valence-corrected chi connectivity index (χ4v) is 7.40. The number of imide groups is 1. The van der Waals surface area contributed by atoms with Gasteiger partial charge in [0.2, 0.25) is 11.8 Å². The van der Waals surface area contributed by atoms with Crippen molar-refractivity contribution in [2.24, 2.45) is 29.6 Å². The highest BCUT2D eigenvalue weighted by Gasteiger charge is 2.67. The standard InChI is InChI=1S/C24H27Br2NO6/c1-11(2)8-16(24(31)33-10-17(28)12-4-6-13(32-3)7-5-12)27-22(29)18-14-9-15(19(18)23(27)30)21(26)20(14)25/h4-7,11,14-16,18-21H,8-10H2,1-3H3/t14-,15-,16+,18-,19-,20-,21+/m1/s1. The first-order valence-corrected chi connectivity index (χ1v) is 13.0. The number of methoxy groups -OCH3 is 1. The van der Waals surface area contributed by atoms with Crippen LogP contribution in [0.15, 0.2) is 24.3 Å². The largest absolute Gasteiger partial charge is 0.497 e. The summed E-state index contributed by atoms with van der Waals surface area (Å²) in [6, 6.07) is 5.47. The van der Waals surface area contributed by atoms with Gasteiger partial charge in [-0.15, -0.1) is 0 Å². The third-order valence-electron chi connectivity index (χ3n) is 7.06. The third-order valence-corrected chi connectivity index (χ3v) is 10.3. The van der Waals surface area contributed by atoms with Crippen LogP contribution in [0.3, 0.4) is 0 Å². The van der Waals surface area contributed by atoms with Gasteiger partial charge >= 0.3 is 5.97 Å². The summed E-state index contributed by atoms with van der Waals surface area (Å²) in [5, 5.41) is 0. The molecule has 4 rings (SSSR count). The van der Waals surface area contributed by atoms with Gasteiger partial charge in [0.15, 0.2) is 12.4 Å². The van der Waals surface area contributed by atoms with Crippen LogP contribution < -0.4 is 4.74 Å². The van der Waals surface area contributed by atoms with E-state index in [1.165, 1.54) is 7.11 Å². The van der Waals surface area contributed by atoms with Gasteiger partial charge in [-0.05, 0) is 54.9 Å². The fourth-order valence-electron chi connectivity index (χ4n) is 5.53. The van der Waals surface area contributed by atoms with Crippen LogP contribution in [-0.2, 0) is 19.1 Å². The summed E-state index contributed by atoms with van der Waals surface area (Å²) in [6.07, 6.45) is 1.11. The predicted octanol–water partition coefficient (Wildman–Crippen LogP) is 3.61. The van der Waals surface area contributed by atoms with Crippen molar-refractivity contribution in [1.82, 2.24) is 4.90 Å². The first kappa shape index (κ1) is 24.4. The van der Waals surface area contributed by atoms with Crippen LogP contribution >= 0.6 is 31.9 Å². The molecule has 0 radical (unpaired) electrons. The van der Waals surface area contributed by atoms with Crippen molar-refractivity contribution >= 4 is 55.4 Å². The molecule has 3 aliphatic rings. The van der Waals surface area contributed by atoms with E-state index in [0.717, 1.165) is 11.3 Å². The monoisotopic (exact) mass is 583 g/mol. The SMILES string of the molecule is COc1ccc(C(=O)COC(=O)[C@H](CC(C)C)N2C(=O)[C@@H]3[C@H]4C[C@@H]([C@@H](Br)[C@H]4Br)[C@H]3C2=O)cc1. The number of nitrogens with zero attached hydrogens (tertiary/aromatic N) is 1. The lowest BCUT2D eigenvalue weighted by atomic mass is 9.81. The Balaban J connectivity index is 1.48. The number of carbonyl (C=O) groups excluding carboxylic acids is 4. The number of rotatable bonds is 8.